The number of aromatic nitrogens is 2. The first-order valence-electron chi connectivity index (χ1n) is 7.36. The minimum atomic E-state index is 0.139. The minimum absolute atomic E-state index is 0.139. The van der Waals surface area contributed by atoms with Gasteiger partial charge >= 0.3 is 0 Å². The highest BCUT2D eigenvalue weighted by molar-refractivity contribution is 5.47. The lowest BCUT2D eigenvalue weighted by Gasteiger charge is -2.24. The Labute approximate surface area is 130 Å². The molecule has 1 aromatic heterocycles. The van der Waals surface area contributed by atoms with E-state index in [1.165, 1.54) is 5.56 Å². The summed E-state index contributed by atoms with van der Waals surface area (Å²) in [7, 11) is 0. The fourth-order valence-electron chi connectivity index (χ4n) is 2.45. The van der Waals surface area contributed by atoms with Crippen LogP contribution < -0.4 is 4.90 Å². The van der Waals surface area contributed by atoms with E-state index < -0.39 is 0 Å². The number of aliphatic hydroxyl groups is 1. The van der Waals surface area contributed by atoms with Crippen molar-refractivity contribution in [2.75, 3.05) is 18.1 Å². The number of anilines is 1. The van der Waals surface area contributed by atoms with E-state index in [1.807, 2.05) is 35.1 Å². The smallest absolute Gasteiger partial charge is 0.0645 e. The van der Waals surface area contributed by atoms with Gasteiger partial charge in [-0.05, 0) is 35.9 Å². The van der Waals surface area contributed by atoms with Gasteiger partial charge in [-0.1, -0.05) is 30.3 Å². The first-order chi connectivity index (χ1) is 10.9. The molecule has 2 aromatic carbocycles. The molecule has 1 heterocycles. The molecule has 0 aliphatic rings. The van der Waals surface area contributed by atoms with E-state index in [9.17, 15) is 5.11 Å². The van der Waals surface area contributed by atoms with Gasteiger partial charge in [0.05, 0.1) is 12.3 Å². The van der Waals surface area contributed by atoms with Crippen LogP contribution in [0.25, 0.3) is 5.69 Å². The van der Waals surface area contributed by atoms with Gasteiger partial charge in [-0.2, -0.15) is 5.10 Å². The Bertz CT molecular complexity index is 678. The van der Waals surface area contributed by atoms with Gasteiger partial charge in [0.25, 0.3) is 0 Å². The number of para-hydroxylation sites is 1. The molecule has 0 amide bonds. The predicted octanol–water partition coefficient (Wildman–Crippen LogP) is 2.87. The molecule has 3 aromatic rings. The standard InChI is InChI=1S/C18H19N3O/c22-14-13-20(17-5-2-1-3-6-17)15-16-7-9-18(10-8-16)21-12-4-11-19-21/h1-12,22H,13-15H2. The lowest BCUT2D eigenvalue weighted by molar-refractivity contribution is 0.301. The predicted molar refractivity (Wildman–Crippen MR) is 88.1 cm³/mol. The van der Waals surface area contributed by atoms with Gasteiger partial charge in [0.15, 0.2) is 0 Å². The molecule has 0 spiro atoms. The van der Waals surface area contributed by atoms with Gasteiger partial charge in [-0.15, -0.1) is 0 Å². The van der Waals surface area contributed by atoms with Crippen molar-refractivity contribution in [2.45, 2.75) is 6.54 Å². The van der Waals surface area contributed by atoms with Crippen LogP contribution in [0.3, 0.4) is 0 Å². The van der Waals surface area contributed by atoms with Gasteiger partial charge < -0.3 is 10.0 Å². The normalized spacial score (nSPS) is 10.6. The van der Waals surface area contributed by atoms with Gasteiger partial charge in [0.1, 0.15) is 0 Å². The minimum Gasteiger partial charge on any atom is -0.395 e. The SMILES string of the molecule is OCCN(Cc1ccc(-n2cccn2)cc1)c1ccccc1. The third-order valence-corrected chi connectivity index (χ3v) is 3.57. The Morgan fingerprint density at radius 1 is 0.955 bits per heavy atom. The average molecular weight is 293 g/mol. The molecule has 0 fully saturated rings. The Hall–Kier alpha value is -2.59. The zero-order chi connectivity index (χ0) is 15.2. The maximum absolute atomic E-state index is 9.29. The van der Waals surface area contributed by atoms with Crippen LogP contribution >= 0.6 is 0 Å². The number of aliphatic hydroxyl groups excluding tert-OH is 1. The van der Waals surface area contributed by atoms with Crippen LogP contribution in [0.2, 0.25) is 0 Å². The summed E-state index contributed by atoms with van der Waals surface area (Å²) >= 11 is 0. The summed E-state index contributed by atoms with van der Waals surface area (Å²) in [6.07, 6.45) is 3.70. The van der Waals surface area contributed by atoms with Crippen molar-refractivity contribution in [3.05, 3.63) is 78.6 Å². The first kappa shape index (κ1) is 14.4. The van der Waals surface area contributed by atoms with Gasteiger partial charge in [0, 0.05) is 31.2 Å². The molecule has 0 atom stereocenters. The lowest BCUT2D eigenvalue weighted by atomic mass is 10.1. The molecular weight excluding hydrogens is 274 g/mol. The number of hydrogen-bond donors (Lipinski definition) is 1. The van der Waals surface area contributed by atoms with E-state index in [0.717, 1.165) is 17.9 Å². The topological polar surface area (TPSA) is 41.3 Å². The molecule has 0 saturated heterocycles. The molecule has 3 rings (SSSR count). The van der Waals surface area contributed by atoms with Crippen LogP contribution in [-0.4, -0.2) is 28.0 Å². The summed E-state index contributed by atoms with van der Waals surface area (Å²) in [6.45, 7) is 1.52. The van der Waals surface area contributed by atoms with E-state index in [1.54, 1.807) is 6.20 Å². The highest BCUT2D eigenvalue weighted by Gasteiger charge is 2.06. The molecule has 0 aliphatic carbocycles. The van der Waals surface area contributed by atoms with E-state index in [2.05, 4.69) is 46.4 Å². The van der Waals surface area contributed by atoms with Gasteiger partial charge in [-0.25, -0.2) is 4.68 Å². The number of nitrogens with zero attached hydrogens (tertiary/aromatic N) is 3. The van der Waals surface area contributed by atoms with Crippen LogP contribution in [0.4, 0.5) is 5.69 Å². The molecular formula is C18H19N3O. The second kappa shape index (κ2) is 6.91. The molecule has 0 unspecified atom stereocenters. The largest absolute Gasteiger partial charge is 0.395 e. The molecule has 0 aliphatic heterocycles. The maximum Gasteiger partial charge on any atom is 0.0645 e. The van der Waals surface area contributed by atoms with Crippen LogP contribution in [0.5, 0.6) is 0 Å². The van der Waals surface area contributed by atoms with Crippen molar-refractivity contribution in [1.29, 1.82) is 0 Å². The Kier molecular flexibility index (Phi) is 4.51. The average Bonchev–Trinajstić information content (AvgIpc) is 3.10. The Morgan fingerprint density at radius 2 is 1.73 bits per heavy atom. The van der Waals surface area contributed by atoms with Gasteiger partial charge in [0.2, 0.25) is 0 Å². The van der Waals surface area contributed by atoms with Crippen molar-refractivity contribution in [2.24, 2.45) is 0 Å². The van der Waals surface area contributed by atoms with Crippen LogP contribution in [-0.2, 0) is 6.54 Å². The summed E-state index contributed by atoms with van der Waals surface area (Å²) in [5.74, 6) is 0. The van der Waals surface area contributed by atoms with E-state index >= 15 is 0 Å². The molecule has 0 saturated carbocycles. The zero-order valence-electron chi connectivity index (χ0n) is 12.3. The highest BCUT2D eigenvalue weighted by Crippen LogP contribution is 2.17. The summed E-state index contributed by atoms with van der Waals surface area (Å²) in [5.41, 5.74) is 3.36. The molecule has 112 valence electrons. The monoisotopic (exact) mass is 293 g/mol. The van der Waals surface area contributed by atoms with Crippen LogP contribution in [0, 0.1) is 0 Å². The first-order valence-corrected chi connectivity index (χ1v) is 7.36. The van der Waals surface area contributed by atoms with Crippen molar-refractivity contribution in [3.63, 3.8) is 0 Å². The zero-order valence-corrected chi connectivity index (χ0v) is 12.3. The Morgan fingerprint density at radius 3 is 2.36 bits per heavy atom. The quantitative estimate of drug-likeness (QED) is 0.760. The maximum atomic E-state index is 9.29. The molecule has 1 N–H and O–H groups in total. The molecule has 4 heteroatoms. The van der Waals surface area contributed by atoms with Crippen LogP contribution in [0.1, 0.15) is 5.56 Å². The number of hydrogen-bond acceptors (Lipinski definition) is 3. The summed E-state index contributed by atoms with van der Waals surface area (Å²) in [4.78, 5) is 2.17. The van der Waals surface area contributed by atoms with E-state index in [0.29, 0.717) is 6.54 Å². The molecule has 0 bridgehead atoms. The lowest BCUT2D eigenvalue weighted by Crippen LogP contribution is -2.25. The second-order valence-electron chi connectivity index (χ2n) is 5.10. The summed E-state index contributed by atoms with van der Waals surface area (Å²) in [5, 5.41) is 13.5. The molecule has 0 radical (unpaired) electrons. The summed E-state index contributed by atoms with van der Waals surface area (Å²) in [6, 6.07) is 20.4. The number of rotatable bonds is 6. The second-order valence-corrected chi connectivity index (χ2v) is 5.10. The van der Waals surface area contributed by atoms with Gasteiger partial charge in [-0.3, -0.25) is 0 Å². The molecule has 22 heavy (non-hydrogen) atoms. The Balaban J connectivity index is 1.75. The third-order valence-electron chi connectivity index (χ3n) is 3.57. The number of benzene rings is 2. The summed E-state index contributed by atoms with van der Waals surface area (Å²) < 4.78 is 1.84. The van der Waals surface area contributed by atoms with E-state index in [-0.39, 0.29) is 6.61 Å². The van der Waals surface area contributed by atoms with E-state index in [4.69, 9.17) is 0 Å². The van der Waals surface area contributed by atoms with Crippen molar-refractivity contribution in [1.82, 2.24) is 9.78 Å². The fourth-order valence-corrected chi connectivity index (χ4v) is 2.45. The van der Waals surface area contributed by atoms with Crippen molar-refractivity contribution < 1.29 is 5.11 Å². The van der Waals surface area contributed by atoms with Crippen molar-refractivity contribution >= 4 is 5.69 Å². The highest BCUT2D eigenvalue weighted by atomic mass is 16.3. The van der Waals surface area contributed by atoms with Crippen LogP contribution in [0.15, 0.2) is 73.1 Å². The fraction of sp³-hybridized carbons (Fsp3) is 0.167. The van der Waals surface area contributed by atoms with Crippen molar-refractivity contribution in [3.8, 4) is 5.69 Å². The molecule has 4 nitrogen and oxygen atoms in total. The third kappa shape index (κ3) is 3.35.